The predicted octanol–water partition coefficient (Wildman–Crippen LogP) is 2.17. The lowest BCUT2D eigenvalue weighted by Gasteiger charge is -2.03. The summed E-state index contributed by atoms with van der Waals surface area (Å²) in [6.07, 6.45) is -0.132. The smallest absolute Gasteiger partial charge is 0.235 e. The molecule has 4 heteroatoms. The summed E-state index contributed by atoms with van der Waals surface area (Å²) in [6, 6.07) is 4.96. The van der Waals surface area contributed by atoms with Crippen molar-refractivity contribution in [1.29, 1.82) is 0 Å². The molecule has 0 aromatic heterocycles. The zero-order valence-corrected chi connectivity index (χ0v) is 6.71. The van der Waals surface area contributed by atoms with Crippen LogP contribution in [0.3, 0.4) is 0 Å². The Morgan fingerprint density at radius 3 is 2.54 bits per heavy atom. The molecule has 0 saturated heterocycles. The molecule has 0 bridgehead atoms. The van der Waals surface area contributed by atoms with E-state index in [1.807, 2.05) is 0 Å². The summed E-state index contributed by atoms with van der Waals surface area (Å²) in [5, 5.41) is 0. The van der Waals surface area contributed by atoms with Gasteiger partial charge in [-0.05, 0) is 17.7 Å². The molecule has 1 unspecified atom stereocenters. The van der Waals surface area contributed by atoms with Crippen molar-refractivity contribution < 1.29 is 13.6 Å². The van der Waals surface area contributed by atoms with Crippen molar-refractivity contribution in [3.8, 4) is 0 Å². The van der Waals surface area contributed by atoms with Gasteiger partial charge in [-0.15, -0.1) is 0 Å². The van der Waals surface area contributed by atoms with E-state index in [1.165, 1.54) is 18.2 Å². The van der Waals surface area contributed by atoms with Crippen LogP contribution >= 0.6 is 0 Å². The van der Waals surface area contributed by atoms with Crippen molar-refractivity contribution in [2.75, 3.05) is 6.54 Å². The Kier molecular flexibility index (Phi) is 3.29. The zero-order chi connectivity index (χ0) is 9.68. The van der Waals surface area contributed by atoms with Gasteiger partial charge in [0.25, 0.3) is 0 Å². The second-order valence-electron chi connectivity index (χ2n) is 2.45. The number of isocyanates is 1. The largest absolute Gasteiger partial charge is 0.240 e. The van der Waals surface area contributed by atoms with E-state index in [0.717, 1.165) is 12.1 Å². The molecular formula is C9H7F2NO. The second kappa shape index (κ2) is 4.48. The van der Waals surface area contributed by atoms with E-state index < -0.39 is 12.0 Å². The average molecular weight is 183 g/mol. The first-order chi connectivity index (χ1) is 6.24. The van der Waals surface area contributed by atoms with Crippen LogP contribution in [0, 0.1) is 5.82 Å². The van der Waals surface area contributed by atoms with Crippen molar-refractivity contribution in [2.45, 2.75) is 6.17 Å². The molecule has 0 amide bonds. The summed E-state index contributed by atoms with van der Waals surface area (Å²) in [7, 11) is 0. The van der Waals surface area contributed by atoms with Crippen LogP contribution in [0.5, 0.6) is 0 Å². The van der Waals surface area contributed by atoms with Crippen LogP contribution in [0.15, 0.2) is 29.3 Å². The number of alkyl halides is 1. The first kappa shape index (κ1) is 9.55. The Morgan fingerprint density at radius 2 is 2.00 bits per heavy atom. The van der Waals surface area contributed by atoms with Crippen molar-refractivity contribution in [1.82, 2.24) is 0 Å². The lowest BCUT2D eigenvalue weighted by Crippen LogP contribution is -1.95. The summed E-state index contributed by atoms with van der Waals surface area (Å²) in [5.74, 6) is -0.421. The van der Waals surface area contributed by atoms with Crippen LogP contribution < -0.4 is 0 Å². The number of rotatable bonds is 3. The quantitative estimate of drug-likeness (QED) is 0.521. The molecule has 0 heterocycles. The third-order valence-electron chi connectivity index (χ3n) is 1.55. The maximum atomic E-state index is 13.1. The standard InChI is InChI=1S/C9H7F2NO/c10-8-3-1-7(2-4-8)9(11)5-12-6-13/h1-4,9H,5H2. The van der Waals surface area contributed by atoms with E-state index in [0.29, 0.717) is 5.56 Å². The number of hydrogen-bond acceptors (Lipinski definition) is 2. The van der Waals surface area contributed by atoms with Crippen LogP contribution in [0.4, 0.5) is 8.78 Å². The van der Waals surface area contributed by atoms with E-state index in [9.17, 15) is 13.6 Å². The van der Waals surface area contributed by atoms with Crippen LogP contribution in [0.25, 0.3) is 0 Å². The molecule has 0 spiro atoms. The Morgan fingerprint density at radius 1 is 1.38 bits per heavy atom. The number of carbonyl (C=O) groups excluding carboxylic acids is 1. The molecule has 0 fully saturated rings. The van der Waals surface area contributed by atoms with E-state index in [1.54, 1.807) is 0 Å². The lowest BCUT2D eigenvalue weighted by atomic mass is 10.1. The molecule has 13 heavy (non-hydrogen) atoms. The van der Waals surface area contributed by atoms with E-state index in [2.05, 4.69) is 4.99 Å². The third kappa shape index (κ3) is 2.76. The first-order valence-electron chi connectivity index (χ1n) is 3.67. The maximum Gasteiger partial charge on any atom is 0.235 e. The highest BCUT2D eigenvalue weighted by Crippen LogP contribution is 2.17. The van der Waals surface area contributed by atoms with Crippen molar-refractivity contribution in [3.63, 3.8) is 0 Å². The van der Waals surface area contributed by atoms with Crippen molar-refractivity contribution >= 4 is 6.08 Å². The number of nitrogens with zero attached hydrogens (tertiary/aromatic N) is 1. The highest BCUT2D eigenvalue weighted by atomic mass is 19.1. The summed E-state index contributed by atoms with van der Waals surface area (Å²) < 4.78 is 25.5. The van der Waals surface area contributed by atoms with Gasteiger partial charge in [0.2, 0.25) is 6.08 Å². The molecule has 1 rings (SSSR count). The van der Waals surface area contributed by atoms with Gasteiger partial charge in [-0.25, -0.2) is 18.6 Å². The molecule has 2 nitrogen and oxygen atoms in total. The number of hydrogen-bond donors (Lipinski definition) is 0. The Balaban J connectivity index is 2.71. The van der Waals surface area contributed by atoms with Gasteiger partial charge in [-0.2, -0.15) is 0 Å². The van der Waals surface area contributed by atoms with Gasteiger partial charge in [0.05, 0.1) is 6.54 Å². The molecule has 68 valence electrons. The van der Waals surface area contributed by atoms with Gasteiger partial charge >= 0.3 is 0 Å². The molecule has 1 atom stereocenters. The molecule has 0 aliphatic carbocycles. The van der Waals surface area contributed by atoms with Gasteiger partial charge in [-0.1, -0.05) is 12.1 Å². The zero-order valence-electron chi connectivity index (χ0n) is 6.71. The highest BCUT2D eigenvalue weighted by Gasteiger charge is 2.08. The molecule has 1 aromatic rings. The molecule has 0 aliphatic rings. The number of benzene rings is 1. The van der Waals surface area contributed by atoms with Crippen molar-refractivity contribution in [3.05, 3.63) is 35.6 Å². The maximum absolute atomic E-state index is 13.1. The highest BCUT2D eigenvalue weighted by molar-refractivity contribution is 5.33. The van der Waals surface area contributed by atoms with Gasteiger partial charge in [0.15, 0.2) is 0 Å². The molecule has 0 N–H and O–H groups in total. The molecule has 0 radical (unpaired) electrons. The molecule has 1 aromatic carbocycles. The third-order valence-corrected chi connectivity index (χ3v) is 1.55. The van der Waals surface area contributed by atoms with E-state index >= 15 is 0 Å². The summed E-state index contributed by atoms with van der Waals surface area (Å²) >= 11 is 0. The first-order valence-corrected chi connectivity index (χ1v) is 3.67. The summed E-state index contributed by atoms with van der Waals surface area (Å²) in [4.78, 5) is 12.8. The Bertz CT molecular complexity index is 317. The predicted molar refractivity (Wildman–Crippen MR) is 43.2 cm³/mol. The van der Waals surface area contributed by atoms with Gasteiger partial charge in [0.1, 0.15) is 12.0 Å². The average Bonchev–Trinajstić information content (AvgIpc) is 2.15. The normalized spacial score (nSPS) is 11.8. The minimum atomic E-state index is -1.37. The van der Waals surface area contributed by atoms with Gasteiger partial charge in [0, 0.05) is 0 Å². The minimum absolute atomic E-state index is 0.269. The fourth-order valence-electron chi connectivity index (χ4n) is 0.894. The molecule has 0 saturated carbocycles. The minimum Gasteiger partial charge on any atom is -0.240 e. The molecule has 0 aliphatic heterocycles. The van der Waals surface area contributed by atoms with Crippen molar-refractivity contribution in [2.24, 2.45) is 4.99 Å². The van der Waals surface area contributed by atoms with Crippen LogP contribution in [0.1, 0.15) is 11.7 Å². The number of halogens is 2. The van der Waals surface area contributed by atoms with Crippen LogP contribution in [-0.4, -0.2) is 12.6 Å². The van der Waals surface area contributed by atoms with Crippen LogP contribution in [-0.2, 0) is 4.79 Å². The van der Waals surface area contributed by atoms with Gasteiger partial charge < -0.3 is 0 Å². The van der Waals surface area contributed by atoms with Gasteiger partial charge in [-0.3, -0.25) is 0 Å². The van der Waals surface area contributed by atoms with E-state index in [-0.39, 0.29) is 6.54 Å². The topological polar surface area (TPSA) is 29.4 Å². The second-order valence-corrected chi connectivity index (χ2v) is 2.45. The Labute approximate surface area is 73.9 Å². The fraction of sp³-hybridized carbons (Fsp3) is 0.222. The monoisotopic (exact) mass is 183 g/mol. The van der Waals surface area contributed by atoms with E-state index in [4.69, 9.17) is 0 Å². The Hall–Kier alpha value is -1.54. The van der Waals surface area contributed by atoms with Crippen LogP contribution in [0.2, 0.25) is 0 Å². The fourth-order valence-corrected chi connectivity index (χ4v) is 0.894. The molecular weight excluding hydrogens is 176 g/mol. The SMILES string of the molecule is O=C=NCC(F)c1ccc(F)cc1. The summed E-state index contributed by atoms with van der Waals surface area (Å²) in [5.41, 5.74) is 0.306. The summed E-state index contributed by atoms with van der Waals surface area (Å²) in [6.45, 7) is -0.269. The lowest BCUT2D eigenvalue weighted by molar-refractivity contribution is 0.353. The number of aliphatic imine (C=N–C) groups is 1.